The zero-order valence-electron chi connectivity index (χ0n) is 11.5. The Balaban J connectivity index is 2.98. The first-order valence-corrected chi connectivity index (χ1v) is 7.78. The van der Waals surface area contributed by atoms with Crippen LogP contribution in [-0.4, -0.2) is 25.7 Å². The van der Waals surface area contributed by atoms with Crippen LogP contribution in [0.1, 0.15) is 32.3 Å². The predicted octanol–water partition coefficient (Wildman–Crippen LogP) is 0.970. The van der Waals surface area contributed by atoms with Gasteiger partial charge in [-0.3, -0.25) is 0 Å². The number of nitriles is 1. The molecule has 1 aromatic rings. The fourth-order valence-electron chi connectivity index (χ4n) is 1.67. The van der Waals surface area contributed by atoms with Crippen molar-refractivity contribution in [1.29, 1.82) is 5.26 Å². The number of hydrogen-bond acceptors (Lipinski definition) is 5. The molecule has 0 fully saturated rings. The van der Waals surface area contributed by atoms with Gasteiger partial charge in [-0.1, -0.05) is 13.8 Å². The normalized spacial score (nSPS) is 12.1. The summed E-state index contributed by atoms with van der Waals surface area (Å²) in [5, 5.41) is 18.8. The van der Waals surface area contributed by atoms with Crippen LogP contribution in [0, 0.1) is 11.3 Å². The first kappa shape index (κ1) is 16.4. The molecule has 0 amide bonds. The Morgan fingerprint density at radius 3 is 2.45 bits per heavy atom. The van der Waals surface area contributed by atoms with Crippen LogP contribution >= 0.6 is 0 Å². The van der Waals surface area contributed by atoms with Crippen LogP contribution < -0.4 is 10.5 Å². The average Bonchev–Trinajstić information content (AvgIpc) is 2.44. The van der Waals surface area contributed by atoms with Crippen molar-refractivity contribution < 1.29 is 13.5 Å². The van der Waals surface area contributed by atoms with Gasteiger partial charge in [-0.2, -0.15) is 5.26 Å². The molecule has 1 aromatic carbocycles. The van der Waals surface area contributed by atoms with Gasteiger partial charge < -0.3 is 10.8 Å². The highest BCUT2D eigenvalue weighted by Crippen LogP contribution is 2.20. The standard InChI is InChI=1S/C13H19N3O3S/c1-3-13(17,4-2)9-16-20(18,19)12-6-5-10(8-14)7-11(12)15/h5-7,16-17H,3-4,9,15H2,1-2H3. The third kappa shape index (κ3) is 3.70. The van der Waals surface area contributed by atoms with Gasteiger partial charge in [-0.15, -0.1) is 0 Å². The number of benzene rings is 1. The lowest BCUT2D eigenvalue weighted by atomic mass is 9.98. The number of nitrogens with zero attached hydrogens (tertiary/aromatic N) is 1. The highest BCUT2D eigenvalue weighted by molar-refractivity contribution is 7.89. The summed E-state index contributed by atoms with van der Waals surface area (Å²) in [6.45, 7) is 3.49. The minimum absolute atomic E-state index is 0.00749. The molecule has 0 aromatic heterocycles. The minimum Gasteiger partial charge on any atom is -0.398 e. The number of nitrogens with two attached hydrogens (primary N) is 1. The van der Waals surface area contributed by atoms with Crippen molar-refractivity contribution in [1.82, 2.24) is 4.72 Å². The second-order valence-electron chi connectivity index (χ2n) is 4.62. The molecule has 0 saturated carbocycles. The van der Waals surface area contributed by atoms with Crippen molar-refractivity contribution in [2.45, 2.75) is 37.2 Å². The van der Waals surface area contributed by atoms with E-state index in [9.17, 15) is 13.5 Å². The van der Waals surface area contributed by atoms with E-state index in [0.29, 0.717) is 18.4 Å². The lowest BCUT2D eigenvalue weighted by Crippen LogP contribution is -2.42. The molecule has 6 nitrogen and oxygen atoms in total. The molecule has 110 valence electrons. The third-order valence-corrected chi connectivity index (χ3v) is 4.81. The van der Waals surface area contributed by atoms with Crippen LogP contribution in [0.15, 0.2) is 23.1 Å². The van der Waals surface area contributed by atoms with E-state index in [0.717, 1.165) is 0 Å². The second kappa shape index (κ2) is 6.22. The molecule has 0 aliphatic heterocycles. The summed E-state index contributed by atoms with van der Waals surface area (Å²) in [7, 11) is -3.81. The van der Waals surface area contributed by atoms with E-state index in [1.807, 2.05) is 6.07 Å². The Hall–Kier alpha value is -1.62. The smallest absolute Gasteiger partial charge is 0.242 e. The zero-order valence-corrected chi connectivity index (χ0v) is 12.4. The molecule has 0 bridgehead atoms. The number of rotatable bonds is 6. The summed E-state index contributed by atoms with van der Waals surface area (Å²) in [6, 6.07) is 5.86. The SMILES string of the molecule is CCC(O)(CC)CNS(=O)(=O)c1ccc(C#N)cc1N. The van der Waals surface area contributed by atoms with E-state index in [4.69, 9.17) is 11.0 Å². The lowest BCUT2D eigenvalue weighted by molar-refractivity contribution is 0.0377. The Bertz CT molecular complexity index is 616. The molecule has 0 aliphatic rings. The Kier molecular flexibility index (Phi) is 5.11. The van der Waals surface area contributed by atoms with Gasteiger partial charge in [0.15, 0.2) is 0 Å². The topological polar surface area (TPSA) is 116 Å². The Morgan fingerprint density at radius 2 is 2.00 bits per heavy atom. The molecule has 0 radical (unpaired) electrons. The molecule has 20 heavy (non-hydrogen) atoms. The summed E-state index contributed by atoms with van der Waals surface area (Å²) in [4.78, 5) is -0.0916. The van der Waals surface area contributed by atoms with E-state index in [1.54, 1.807) is 13.8 Å². The quantitative estimate of drug-likeness (QED) is 0.676. The van der Waals surface area contributed by atoms with E-state index >= 15 is 0 Å². The molecule has 0 heterocycles. The van der Waals surface area contributed by atoms with Crippen molar-refractivity contribution in [3.63, 3.8) is 0 Å². The van der Waals surface area contributed by atoms with Gasteiger partial charge in [0.2, 0.25) is 10.0 Å². The number of hydrogen-bond donors (Lipinski definition) is 3. The van der Waals surface area contributed by atoms with Gasteiger partial charge >= 0.3 is 0 Å². The minimum atomic E-state index is -3.81. The Morgan fingerprint density at radius 1 is 1.40 bits per heavy atom. The third-order valence-electron chi connectivity index (χ3n) is 3.34. The fourth-order valence-corrected chi connectivity index (χ4v) is 2.90. The number of sulfonamides is 1. The highest BCUT2D eigenvalue weighted by atomic mass is 32.2. The van der Waals surface area contributed by atoms with Gasteiger partial charge in [-0.05, 0) is 31.0 Å². The molecular formula is C13H19N3O3S. The molecule has 0 spiro atoms. The molecule has 7 heteroatoms. The summed E-state index contributed by atoms with van der Waals surface area (Å²) in [5.41, 5.74) is 4.88. The summed E-state index contributed by atoms with van der Waals surface area (Å²) in [5.74, 6) is 0. The monoisotopic (exact) mass is 297 g/mol. The Labute approximate surface area is 119 Å². The summed E-state index contributed by atoms with van der Waals surface area (Å²) < 4.78 is 26.6. The van der Waals surface area contributed by atoms with Crippen molar-refractivity contribution >= 4 is 15.7 Å². The van der Waals surface area contributed by atoms with Crippen LogP contribution in [0.2, 0.25) is 0 Å². The van der Waals surface area contributed by atoms with Crippen molar-refractivity contribution in [2.24, 2.45) is 0 Å². The molecule has 4 N–H and O–H groups in total. The zero-order chi connectivity index (χ0) is 15.4. The van der Waals surface area contributed by atoms with Crippen LogP contribution in [0.5, 0.6) is 0 Å². The fraction of sp³-hybridized carbons (Fsp3) is 0.462. The maximum Gasteiger partial charge on any atom is 0.242 e. The van der Waals surface area contributed by atoms with Crippen molar-refractivity contribution in [2.75, 3.05) is 12.3 Å². The van der Waals surface area contributed by atoms with Crippen LogP contribution in [0.3, 0.4) is 0 Å². The maximum atomic E-state index is 12.1. The largest absolute Gasteiger partial charge is 0.398 e. The summed E-state index contributed by atoms with van der Waals surface area (Å²) in [6.07, 6.45) is 0.879. The van der Waals surface area contributed by atoms with Gasteiger partial charge in [0, 0.05) is 6.54 Å². The first-order chi connectivity index (χ1) is 9.28. The van der Waals surface area contributed by atoms with E-state index in [2.05, 4.69) is 4.72 Å². The number of anilines is 1. The first-order valence-electron chi connectivity index (χ1n) is 6.29. The summed E-state index contributed by atoms with van der Waals surface area (Å²) >= 11 is 0. The second-order valence-corrected chi connectivity index (χ2v) is 6.36. The van der Waals surface area contributed by atoms with Crippen LogP contribution in [0.25, 0.3) is 0 Å². The predicted molar refractivity (Wildman–Crippen MR) is 76.3 cm³/mol. The number of nitrogen functional groups attached to an aromatic ring is 1. The number of aliphatic hydroxyl groups is 1. The van der Waals surface area contributed by atoms with Gasteiger partial charge in [-0.25, -0.2) is 13.1 Å². The van der Waals surface area contributed by atoms with Crippen molar-refractivity contribution in [3.05, 3.63) is 23.8 Å². The molecule has 1 rings (SSSR count). The van der Waals surface area contributed by atoms with Crippen LogP contribution in [0.4, 0.5) is 5.69 Å². The van der Waals surface area contributed by atoms with E-state index < -0.39 is 15.6 Å². The maximum absolute atomic E-state index is 12.1. The molecule has 0 saturated heterocycles. The highest BCUT2D eigenvalue weighted by Gasteiger charge is 2.26. The number of nitrogens with one attached hydrogen (secondary N) is 1. The van der Waals surface area contributed by atoms with Gasteiger partial charge in [0.05, 0.1) is 22.9 Å². The lowest BCUT2D eigenvalue weighted by Gasteiger charge is -2.25. The molecule has 0 aliphatic carbocycles. The van der Waals surface area contributed by atoms with Crippen LogP contribution in [-0.2, 0) is 10.0 Å². The van der Waals surface area contributed by atoms with Crippen molar-refractivity contribution in [3.8, 4) is 6.07 Å². The van der Waals surface area contributed by atoms with E-state index in [1.165, 1.54) is 18.2 Å². The average molecular weight is 297 g/mol. The molecule has 0 atom stereocenters. The molecular weight excluding hydrogens is 278 g/mol. The van der Waals surface area contributed by atoms with Gasteiger partial charge in [0.1, 0.15) is 4.90 Å². The molecule has 0 unspecified atom stereocenters. The van der Waals surface area contributed by atoms with E-state index in [-0.39, 0.29) is 17.1 Å². The van der Waals surface area contributed by atoms with Gasteiger partial charge in [0.25, 0.3) is 0 Å².